The minimum atomic E-state index is -0.697. The monoisotopic (exact) mass is 436 g/mol. The van der Waals surface area contributed by atoms with Crippen molar-refractivity contribution in [2.75, 3.05) is 13.2 Å². The Kier molecular flexibility index (Phi) is 6.59. The van der Waals surface area contributed by atoms with Gasteiger partial charge < -0.3 is 14.4 Å². The molecule has 0 aromatic heterocycles. The molecule has 1 saturated carbocycles. The van der Waals surface area contributed by atoms with Crippen LogP contribution in [0.4, 0.5) is 10.5 Å². The van der Waals surface area contributed by atoms with Gasteiger partial charge in [-0.05, 0) is 58.6 Å². The van der Waals surface area contributed by atoms with Crippen LogP contribution in [0.2, 0.25) is 0 Å². The minimum absolute atomic E-state index is 0.0659. The zero-order valence-corrected chi connectivity index (χ0v) is 18.6. The van der Waals surface area contributed by atoms with Crippen molar-refractivity contribution in [3.63, 3.8) is 0 Å². The number of rotatable bonds is 6. The van der Waals surface area contributed by atoms with Crippen LogP contribution in [-0.2, 0) is 14.3 Å². The van der Waals surface area contributed by atoms with Crippen LogP contribution >= 0.6 is 11.8 Å². The maximum atomic E-state index is 12.9. The Morgan fingerprint density at radius 2 is 1.97 bits per heavy atom. The number of nitrogens with zero attached hydrogens (tertiary/aromatic N) is 2. The number of non-ortho nitro benzene ring substituents is 1. The molecule has 9 heteroatoms. The lowest BCUT2D eigenvalue weighted by Crippen LogP contribution is -2.38. The average Bonchev–Trinajstić information content (AvgIpc) is 3.35. The second kappa shape index (κ2) is 8.83. The van der Waals surface area contributed by atoms with Crippen molar-refractivity contribution >= 4 is 29.5 Å². The number of carbonyl (C=O) groups is 2. The van der Waals surface area contributed by atoms with Crippen LogP contribution < -0.4 is 0 Å². The van der Waals surface area contributed by atoms with Gasteiger partial charge in [-0.1, -0.05) is 0 Å². The summed E-state index contributed by atoms with van der Waals surface area (Å²) in [4.78, 5) is 39.0. The first kappa shape index (κ1) is 22.4. The van der Waals surface area contributed by atoms with Gasteiger partial charge in [-0.25, -0.2) is 4.79 Å². The fraction of sp³-hybridized carbons (Fsp3) is 0.619. The number of benzene rings is 1. The summed E-state index contributed by atoms with van der Waals surface area (Å²) in [6, 6.07) is 4.02. The van der Waals surface area contributed by atoms with Gasteiger partial charge in [-0.15, -0.1) is 11.8 Å². The zero-order valence-electron chi connectivity index (χ0n) is 17.8. The van der Waals surface area contributed by atoms with Gasteiger partial charge in [0.15, 0.2) is 0 Å². The van der Waals surface area contributed by atoms with Crippen LogP contribution in [0, 0.1) is 16.0 Å². The number of thioether (sulfide) groups is 1. The molecule has 1 saturated heterocycles. The van der Waals surface area contributed by atoms with Crippen molar-refractivity contribution < 1.29 is 24.0 Å². The van der Waals surface area contributed by atoms with E-state index in [9.17, 15) is 19.7 Å². The molecule has 2 aliphatic rings. The molecule has 0 N–H and O–H groups in total. The number of hydrogen-bond acceptors (Lipinski definition) is 7. The summed E-state index contributed by atoms with van der Waals surface area (Å²) in [5, 5.41) is 11.9. The van der Waals surface area contributed by atoms with Crippen molar-refractivity contribution in [1.82, 2.24) is 4.90 Å². The van der Waals surface area contributed by atoms with E-state index < -0.39 is 34.5 Å². The van der Waals surface area contributed by atoms with Gasteiger partial charge in [0.1, 0.15) is 5.60 Å². The lowest BCUT2D eigenvalue weighted by atomic mass is 9.93. The van der Waals surface area contributed by atoms with Gasteiger partial charge in [0.25, 0.3) is 5.69 Å². The van der Waals surface area contributed by atoms with Crippen molar-refractivity contribution in [1.29, 1.82) is 0 Å². The number of hydrogen-bond donors (Lipinski definition) is 0. The van der Waals surface area contributed by atoms with E-state index in [1.54, 1.807) is 45.5 Å². The SMILES string of the molecule is CCOC(=O)[C@@H]1CCN(C(=O)OC(C)(C)C)C1c1cc([N+](=O)[O-])ccc1SC1CC1. The third kappa shape index (κ3) is 5.24. The molecule has 2 atom stereocenters. The van der Waals surface area contributed by atoms with E-state index in [-0.39, 0.29) is 12.3 Å². The van der Waals surface area contributed by atoms with E-state index in [0.717, 1.165) is 17.7 Å². The van der Waals surface area contributed by atoms with E-state index in [2.05, 4.69) is 0 Å². The highest BCUT2D eigenvalue weighted by molar-refractivity contribution is 8.00. The number of nitro groups is 1. The minimum Gasteiger partial charge on any atom is -0.466 e. The van der Waals surface area contributed by atoms with E-state index in [1.807, 2.05) is 0 Å². The molecule has 1 unspecified atom stereocenters. The Bertz CT molecular complexity index is 833. The van der Waals surface area contributed by atoms with Crippen LogP contribution in [0.5, 0.6) is 0 Å². The quantitative estimate of drug-likeness (QED) is 0.362. The number of likely N-dealkylation sites (tertiary alicyclic amines) is 1. The van der Waals surface area contributed by atoms with Crippen molar-refractivity contribution in [2.24, 2.45) is 5.92 Å². The summed E-state index contributed by atoms with van der Waals surface area (Å²) in [5.74, 6) is -1.000. The molecule has 3 rings (SSSR count). The molecule has 1 aliphatic heterocycles. The second-order valence-electron chi connectivity index (χ2n) is 8.56. The van der Waals surface area contributed by atoms with Crippen LogP contribution in [-0.4, -0.2) is 45.9 Å². The van der Waals surface area contributed by atoms with E-state index in [1.165, 1.54) is 17.0 Å². The molecule has 1 amide bonds. The van der Waals surface area contributed by atoms with Crippen LogP contribution in [0.15, 0.2) is 23.1 Å². The Hall–Kier alpha value is -2.29. The maximum Gasteiger partial charge on any atom is 0.410 e. The molecule has 0 bridgehead atoms. The smallest absolute Gasteiger partial charge is 0.410 e. The zero-order chi connectivity index (χ0) is 22.1. The van der Waals surface area contributed by atoms with Gasteiger partial charge in [0.2, 0.25) is 0 Å². The van der Waals surface area contributed by atoms with Crippen molar-refractivity contribution in [2.45, 2.75) is 68.7 Å². The van der Waals surface area contributed by atoms with E-state index >= 15 is 0 Å². The van der Waals surface area contributed by atoms with E-state index in [4.69, 9.17) is 9.47 Å². The number of nitro benzene ring substituents is 1. The van der Waals surface area contributed by atoms with Crippen molar-refractivity contribution in [3.05, 3.63) is 33.9 Å². The first-order valence-electron chi connectivity index (χ1n) is 10.2. The molecular formula is C21H28N2O6S. The largest absolute Gasteiger partial charge is 0.466 e. The van der Waals surface area contributed by atoms with Crippen LogP contribution in [0.3, 0.4) is 0 Å². The summed E-state index contributed by atoms with van der Waals surface area (Å²) in [7, 11) is 0. The molecule has 0 spiro atoms. The third-order valence-electron chi connectivity index (χ3n) is 4.96. The Morgan fingerprint density at radius 3 is 2.53 bits per heavy atom. The fourth-order valence-electron chi connectivity index (χ4n) is 3.55. The maximum absolute atomic E-state index is 12.9. The van der Waals surface area contributed by atoms with Gasteiger partial charge in [0.05, 0.1) is 23.5 Å². The van der Waals surface area contributed by atoms with Crippen molar-refractivity contribution in [3.8, 4) is 0 Å². The molecule has 0 radical (unpaired) electrons. The normalized spacial score (nSPS) is 21.4. The summed E-state index contributed by atoms with van der Waals surface area (Å²) in [6.45, 7) is 7.61. The highest BCUT2D eigenvalue weighted by Gasteiger charge is 2.46. The molecule has 1 heterocycles. The third-order valence-corrected chi connectivity index (χ3v) is 6.39. The number of amides is 1. The Labute approximate surface area is 180 Å². The highest BCUT2D eigenvalue weighted by atomic mass is 32.2. The summed E-state index contributed by atoms with van der Waals surface area (Å²) >= 11 is 1.64. The number of carbonyl (C=O) groups excluding carboxylic acids is 2. The molecule has 1 aliphatic carbocycles. The molecule has 2 fully saturated rings. The summed E-state index contributed by atoms with van der Waals surface area (Å²) in [5.41, 5.74) is -0.149. The molecular weight excluding hydrogens is 408 g/mol. The van der Waals surface area contributed by atoms with E-state index in [0.29, 0.717) is 23.8 Å². The average molecular weight is 437 g/mol. The Balaban J connectivity index is 2.04. The Morgan fingerprint density at radius 1 is 1.27 bits per heavy atom. The topological polar surface area (TPSA) is 99.0 Å². The second-order valence-corrected chi connectivity index (χ2v) is 9.90. The standard InChI is InChI=1S/C21H28N2O6S/c1-5-28-19(24)15-10-11-22(20(25)29-21(2,3)4)18(15)16-12-13(23(26)27)6-9-17(16)30-14-7-8-14/h6,9,12,14-15,18H,5,7-8,10-11H2,1-4H3/t15-,18?/m1/s1. The number of esters is 1. The van der Waals surface area contributed by atoms with Gasteiger partial charge in [-0.3, -0.25) is 14.9 Å². The lowest BCUT2D eigenvalue weighted by Gasteiger charge is -2.31. The van der Waals surface area contributed by atoms with Gasteiger partial charge in [0, 0.05) is 28.8 Å². The molecule has 8 nitrogen and oxygen atoms in total. The molecule has 30 heavy (non-hydrogen) atoms. The first-order valence-corrected chi connectivity index (χ1v) is 11.1. The predicted octanol–water partition coefficient (Wildman–Crippen LogP) is 4.71. The summed E-state index contributed by atoms with van der Waals surface area (Å²) < 4.78 is 10.8. The van der Waals surface area contributed by atoms with Crippen LogP contribution in [0.25, 0.3) is 0 Å². The predicted molar refractivity (Wildman–Crippen MR) is 112 cm³/mol. The van der Waals surface area contributed by atoms with Crippen LogP contribution in [0.1, 0.15) is 58.6 Å². The van der Waals surface area contributed by atoms with Gasteiger partial charge >= 0.3 is 12.1 Å². The fourth-order valence-corrected chi connectivity index (χ4v) is 4.75. The molecule has 164 valence electrons. The first-order chi connectivity index (χ1) is 14.1. The lowest BCUT2D eigenvalue weighted by molar-refractivity contribution is -0.385. The number of ether oxygens (including phenoxy) is 2. The summed E-state index contributed by atoms with van der Waals surface area (Å²) in [6.07, 6.45) is 2.05. The molecule has 1 aromatic carbocycles. The molecule has 1 aromatic rings. The van der Waals surface area contributed by atoms with Gasteiger partial charge in [-0.2, -0.15) is 0 Å². The highest BCUT2D eigenvalue weighted by Crippen LogP contribution is 2.47.